The van der Waals surface area contributed by atoms with Gasteiger partial charge in [-0.2, -0.15) is 0 Å². The van der Waals surface area contributed by atoms with E-state index in [1.54, 1.807) is 12.1 Å². The first-order valence-electron chi connectivity index (χ1n) is 7.31. The Balaban J connectivity index is 2.29. The lowest BCUT2D eigenvalue weighted by Gasteiger charge is -2.07. The Labute approximate surface area is 141 Å². The molecule has 2 amide bonds. The molecule has 6 nitrogen and oxygen atoms in total. The van der Waals surface area contributed by atoms with Gasteiger partial charge in [0.1, 0.15) is 0 Å². The van der Waals surface area contributed by atoms with Crippen LogP contribution in [-0.2, 0) is 19.4 Å². The third kappa shape index (κ3) is 7.99. The van der Waals surface area contributed by atoms with E-state index in [-0.39, 0.29) is 28.9 Å². The zero-order chi connectivity index (χ0) is 17.3. The molecule has 0 unspecified atom stereocenters. The summed E-state index contributed by atoms with van der Waals surface area (Å²) in [5, 5.41) is 5.67. The predicted octanol–water partition coefficient (Wildman–Crippen LogP) is 1.54. The van der Waals surface area contributed by atoms with Gasteiger partial charge in [-0.3, -0.25) is 9.59 Å². The lowest BCUT2D eigenvalue weighted by atomic mass is 10.3. The topological polar surface area (TPSA) is 92.3 Å². The fraction of sp³-hybridized carbons (Fsp3) is 0.467. The van der Waals surface area contributed by atoms with Crippen LogP contribution in [0.3, 0.4) is 0 Å². The second-order valence-electron chi connectivity index (χ2n) is 5.07. The van der Waals surface area contributed by atoms with Gasteiger partial charge in [0.05, 0.1) is 10.6 Å². The van der Waals surface area contributed by atoms with Gasteiger partial charge in [0.15, 0.2) is 9.84 Å². The van der Waals surface area contributed by atoms with E-state index in [1.807, 2.05) is 0 Å². The van der Waals surface area contributed by atoms with Gasteiger partial charge in [0.2, 0.25) is 11.8 Å². The van der Waals surface area contributed by atoms with Crippen molar-refractivity contribution in [3.05, 3.63) is 29.3 Å². The van der Waals surface area contributed by atoms with E-state index in [9.17, 15) is 18.0 Å². The van der Waals surface area contributed by atoms with E-state index in [0.29, 0.717) is 24.5 Å². The summed E-state index contributed by atoms with van der Waals surface area (Å²) >= 11 is 5.77. The number of unbranched alkanes of at least 4 members (excludes halogenated alkanes) is 1. The summed E-state index contributed by atoms with van der Waals surface area (Å²) in [6.45, 7) is 2.46. The smallest absolute Gasteiger partial charge is 0.221 e. The number of carbonyl (C=O) groups excluding carboxylic acids is 2. The van der Waals surface area contributed by atoms with Crippen LogP contribution in [0.25, 0.3) is 0 Å². The number of halogens is 1. The lowest BCUT2D eigenvalue weighted by molar-refractivity contribution is -0.121. The van der Waals surface area contributed by atoms with Crippen LogP contribution in [0.2, 0.25) is 5.02 Å². The zero-order valence-electron chi connectivity index (χ0n) is 13.0. The van der Waals surface area contributed by atoms with E-state index in [1.165, 1.54) is 19.1 Å². The second-order valence-corrected chi connectivity index (χ2v) is 7.61. The maximum absolute atomic E-state index is 12.1. The van der Waals surface area contributed by atoms with Crippen molar-refractivity contribution in [3.8, 4) is 0 Å². The van der Waals surface area contributed by atoms with Gasteiger partial charge in [-0.1, -0.05) is 17.7 Å². The molecule has 2 N–H and O–H groups in total. The molecule has 0 atom stereocenters. The number of hydrogen-bond acceptors (Lipinski definition) is 4. The molecule has 0 heterocycles. The van der Waals surface area contributed by atoms with Crippen LogP contribution in [0.1, 0.15) is 26.2 Å². The molecule has 0 radical (unpaired) electrons. The number of sulfone groups is 1. The summed E-state index contributed by atoms with van der Waals surface area (Å²) in [5.74, 6) is -0.652. The summed E-state index contributed by atoms with van der Waals surface area (Å²) in [6.07, 6.45) is 1.37. The predicted molar refractivity (Wildman–Crippen MR) is 89.0 cm³/mol. The van der Waals surface area contributed by atoms with E-state index in [4.69, 9.17) is 11.6 Å². The minimum absolute atomic E-state index is 0.0831. The van der Waals surface area contributed by atoms with Crippen LogP contribution in [0.5, 0.6) is 0 Å². The molecule has 23 heavy (non-hydrogen) atoms. The number of rotatable bonds is 9. The van der Waals surface area contributed by atoms with Gasteiger partial charge in [0, 0.05) is 31.5 Å². The third-order valence-corrected chi connectivity index (χ3v) is 5.00. The Bertz CT molecular complexity index is 647. The van der Waals surface area contributed by atoms with Crippen molar-refractivity contribution < 1.29 is 18.0 Å². The molecule has 0 aliphatic carbocycles. The average molecular weight is 361 g/mol. The minimum Gasteiger partial charge on any atom is -0.356 e. The van der Waals surface area contributed by atoms with Crippen LogP contribution in [0.15, 0.2) is 29.2 Å². The molecule has 0 bridgehead atoms. The van der Waals surface area contributed by atoms with Crippen molar-refractivity contribution in [3.63, 3.8) is 0 Å². The highest BCUT2D eigenvalue weighted by Crippen LogP contribution is 2.17. The first-order chi connectivity index (χ1) is 10.8. The highest BCUT2D eigenvalue weighted by molar-refractivity contribution is 7.91. The Morgan fingerprint density at radius 2 is 1.78 bits per heavy atom. The van der Waals surface area contributed by atoms with Gasteiger partial charge in [-0.15, -0.1) is 0 Å². The fourth-order valence-corrected chi connectivity index (χ4v) is 3.37. The van der Waals surface area contributed by atoms with E-state index in [2.05, 4.69) is 10.6 Å². The maximum atomic E-state index is 12.1. The van der Waals surface area contributed by atoms with Gasteiger partial charge in [-0.05, 0) is 31.0 Å². The van der Waals surface area contributed by atoms with Crippen molar-refractivity contribution in [2.45, 2.75) is 31.1 Å². The molecule has 128 valence electrons. The molecule has 8 heteroatoms. The molecule has 0 saturated heterocycles. The molecule has 0 spiro atoms. The van der Waals surface area contributed by atoms with Crippen LogP contribution in [0, 0.1) is 0 Å². The van der Waals surface area contributed by atoms with Crippen LogP contribution >= 0.6 is 11.6 Å². The number of hydrogen-bond donors (Lipinski definition) is 2. The zero-order valence-corrected chi connectivity index (χ0v) is 14.5. The van der Waals surface area contributed by atoms with Crippen molar-refractivity contribution in [1.82, 2.24) is 10.6 Å². The van der Waals surface area contributed by atoms with Crippen LogP contribution in [-0.4, -0.2) is 39.1 Å². The number of carbonyl (C=O) groups is 2. The largest absolute Gasteiger partial charge is 0.356 e. The van der Waals surface area contributed by atoms with Gasteiger partial charge >= 0.3 is 0 Å². The normalized spacial score (nSPS) is 11.0. The summed E-state index contributed by atoms with van der Waals surface area (Å²) in [6, 6.07) is 5.98. The standard InChI is InChI=1S/C15H21ClN2O4S/c1-12(19)17-8-2-3-9-18-15(20)7-10-23(21,22)14-6-4-5-13(16)11-14/h4-6,11H,2-3,7-10H2,1H3,(H,17,19)(H,18,20). The van der Waals surface area contributed by atoms with E-state index >= 15 is 0 Å². The summed E-state index contributed by atoms with van der Waals surface area (Å²) in [7, 11) is -3.52. The molecule has 1 rings (SSSR count). The molecule has 0 aromatic heterocycles. The van der Waals surface area contributed by atoms with Crippen molar-refractivity contribution >= 4 is 33.3 Å². The second kappa shape index (κ2) is 9.52. The van der Waals surface area contributed by atoms with Gasteiger partial charge in [0.25, 0.3) is 0 Å². The number of amides is 2. The molecular formula is C15H21ClN2O4S. The van der Waals surface area contributed by atoms with Crippen LogP contribution in [0.4, 0.5) is 0 Å². The molecule has 0 saturated carbocycles. The highest BCUT2D eigenvalue weighted by Gasteiger charge is 2.16. The monoisotopic (exact) mass is 360 g/mol. The summed E-state index contributed by atoms with van der Waals surface area (Å²) in [5.41, 5.74) is 0. The summed E-state index contributed by atoms with van der Waals surface area (Å²) < 4.78 is 24.2. The third-order valence-electron chi connectivity index (χ3n) is 3.05. The van der Waals surface area contributed by atoms with Crippen molar-refractivity contribution in [2.75, 3.05) is 18.8 Å². The maximum Gasteiger partial charge on any atom is 0.221 e. The average Bonchev–Trinajstić information content (AvgIpc) is 2.48. The molecule has 0 aliphatic heterocycles. The van der Waals surface area contributed by atoms with Gasteiger partial charge in [-0.25, -0.2) is 8.42 Å². The molecule has 1 aromatic rings. The highest BCUT2D eigenvalue weighted by atomic mass is 35.5. The minimum atomic E-state index is -3.52. The Kier molecular flexibility index (Phi) is 8.05. The van der Waals surface area contributed by atoms with Crippen molar-refractivity contribution in [1.29, 1.82) is 0 Å². The Morgan fingerprint density at radius 3 is 2.39 bits per heavy atom. The number of benzene rings is 1. The Hall–Kier alpha value is -1.60. The summed E-state index contributed by atoms with van der Waals surface area (Å²) in [4.78, 5) is 22.4. The first kappa shape index (κ1) is 19.4. The number of nitrogens with one attached hydrogen (secondary N) is 2. The van der Waals surface area contributed by atoms with E-state index in [0.717, 1.165) is 6.42 Å². The quantitative estimate of drug-likeness (QED) is 0.653. The van der Waals surface area contributed by atoms with E-state index < -0.39 is 9.84 Å². The fourth-order valence-electron chi connectivity index (χ4n) is 1.84. The molecular weight excluding hydrogens is 340 g/mol. The van der Waals surface area contributed by atoms with Gasteiger partial charge < -0.3 is 10.6 Å². The SMILES string of the molecule is CC(=O)NCCCCNC(=O)CCS(=O)(=O)c1cccc(Cl)c1. The molecule has 0 fully saturated rings. The van der Waals surface area contributed by atoms with Crippen molar-refractivity contribution in [2.24, 2.45) is 0 Å². The Morgan fingerprint density at radius 1 is 1.13 bits per heavy atom. The molecule has 0 aliphatic rings. The first-order valence-corrected chi connectivity index (χ1v) is 9.34. The lowest BCUT2D eigenvalue weighted by Crippen LogP contribution is -2.27. The van der Waals surface area contributed by atoms with Crippen LogP contribution < -0.4 is 10.6 Å². The molecule has 1 aromatic carbocycles.